The van der Waals surface area contributed by atoms with E-state index in [1.54, 1.807) is 24.3 Å². The number of carbonyl (C=O) groups is 1. The van der Waals surface area contributed by atoms with E-state index in [1.165, 1.54) is 11.6 Å². The zero-order valence-electron chi connectivity index (χ0n) is 16.6. The van der Waals surface area contributed by atoms with E-state index < -0.39 is 5.97 Å². The van der Waals surface area contributed by atoms with Crippen molar-refractivity contribution in [2.24, 2.45) is 10.8 Å². The first-order chi connectivity index (χ1) is 12.6. The van der Waals surface area contributed by atoms with Gasteiger partial charge in [-0.25, -0.2) is 4.79 Å². The minimum absolute atomic E-state index is 0.206. The van der Waals surface area contributed by atoms with Crippen LogP contribution in [0.2, 0.25) is 0 Å². The summed E-state index contributed by atoms with van der Waals surface area (Å²) in [5.74, 6) is -0.612. The molecule has 1 aliphatic carbocycles. The van der Waals surface area contributed by atoms with Crippen LogP contribution in [-0.2, 0) is 4.79 Å². The van der Waals surface area contributed by atoms with E-state index in [2.05, 4.69) is 45.6 Å². The van der Waals surface area contributed by atoms with Crippen LogP contribution in [0.3, 0.4) is 0 Å². The molecule has 0 radical (unpaired) electrons. The van der Waals surface area contributed by atoms with Crippen LogP contribution in [0.25, 0.3) is 6.08 Å². The highest BCUT2D eigenvalue weighted by Crippen LogP contribution is 2.32. The molecule has 2 rings (SSSR count). The molecular weight excluding hydrogens is 336 g/mol. The molecule has 3 nitrogen and oxygen atoms in total. The van der Waals surface area contributed by atoms with Crippen LogP contribution >= 0.6 is 0 Å². The van der Waals surface area contributed by atoms with E-state index in [9.17, 15) is 4.79 Å². The molecule has 0 saturated carbocycles. The summed E-state index contributed by atoms with van der Waals surface area (Å²) >= 11 is 0. The number of aliphatic carboxylic acids is 1. The second-order valence-corrected chi connectivity index (χ2v) is 7.76. The number of carboxylic acid groups (broad SMARTS) is 1. The molecule has 0 fully saturated rings. The molecule has 0 spiro atoms. The fourth-order valence-corrected chi connectivity index (χ4v) is 2.26. The molecule has 2 N–H and O–H groups in total. The number of benzene rings is 1. The highest BCUT2D eigenvalue weighted by Gasteiger charge is 2.20. The topological polar surface area (TPSA) is 57.5 Å². The maximum atomic E-state index is 10.4. The van der Waals surface area contributed by atoms with Gasteiger partial charge in [0, 0.05) is 11.5 Å². The Kier molecular flexibility index (Phi) is 8.04. The Morgan fingerprint density at radius 1 is 1.22 bits per heavy atom. The largest absolute Gasteiger partial charge is 0.508 e. The molecule has 1 aromatic carbocycles. The molecule has 27 heavy (non-hydrogen) atoms. The van der Waals surface area contributed by atoms with Gasteiger partial charge in [-0.15, -0.1) is 6.58 Å². The molecule has 144 valence electrons. The highest BCUT2D eigenvalue weighted by molar-refractivity contribution is 5.80. The molecule has 0 heterocycles. The molecule has 1 unspecified atom stereocenters. The van der Waals surface area contributed by atoms with Gasteiger partial charge in [0.05, 0.1) is 0 Å². The number of hydrogen-bond donors (Lipinski definition) is 2. The van der Waals surface area contributed by atoms with Crippen molar-refractivity contribution in [1.29, 1.82) is 0 Å². The molecule has 0 aliphatic heterocycles. The lowest BCUT2D eigenvalue weighted by molar-refractivity contribution is -0.131. The van der Waals surface area contributed by atoms with Crippen LogP contribution in [0.15, 0.2) is 78.9 Å². The minimum Gasteiger partial charge on any atom is -0.508 e. The number of allylic oxidation sites excluding steroid dienone is 7. The zero-order chi connectivity index (χ0) is 20.5. The van der Waals surface area contributed by atoms with Gasteiger partial charge in [-0.3, -0.25) is 0 Å². The third kappa shape index (κ3) is 8.91. The Labute approximate surface area is 162 Å². The van der Waals surface area contributed by atoms with Crippen molar-refractivity contribution in [3.63, 3.8) is 0 Å². The molecule has 3 heteroatoms. The lowest BCUT2D eigenvalue weighted by atomic mass is 9.80. The molecule has 0 aromatic heterocycles. The maximum absolute atomic E-state index is 10.4. The normalized spacial score (nSPS) is 19.5. The predicted molar refractivity (Wildman–Crippen MR) is 114 cm³/mol. The summed E-state index contributed by atoms with van der Waals surface area (Å²) in [6, 6.07) is 7.19. The average Bonchev–Trinajstić information content (AvgIpc) is 2.61. The summed E-state index contributed by atoms with van der Waals surface area (Å²) in [6.45, 7) is 12.2. The van der Waals surface area contributed by atoms with E-state index in [4.69, 9.17) is 10.2 Å². The van der Waals surface area contributed by atoms with Crippen LogP contribution in [-0.4, -0.2) is 16.2 Å². The fraction of sp³-hybridized carbons (Fsp3) is 0.292. The van der Waals surface area contributed by atoms with E-state index in [0.717, 1.165) is 12.0 Å². The number of aromatic hydroxyl groups is 1. The molecule has 0 saturated heterocycles. The van der Waals surface area contributed by atoms with Crippen molar-refractivity contribution in [3.05, 3.63) is 84.5 Å². The van der Waals surface area contributed by atoms with Crippen molar-refractivity contribution in [2.45, 2.75) is 34.1 Å². The van der Waals surface area contributed by atoms with Crippen LogP contribution < -0.4 is 0 Å². The van der Waals surface area contributed by atoms with Crippen molar-refractivity contribution < 1.29 is 15.0 Å². The number of carboxylic acids is 1. The molecule has 1 aliphatic rings. The summed E-state index contributed by atoms with van der Waals surface area (Å²) in [4.78, 5) is 10.4. The summed E-state index contributed by atoms with van der Waals surface area (Å²) in [5.41, 5.74) is 2.20. The van der Waals surface area contributed by atoms with Gasteiger partial charge in [-0.2, -0.15) is 0 Å². The Balaban J connectivity index is 0.000000271. The average molecular weight is 367 g/mol. The summed E-state index contributed by atoms with van der Waals surface area (Å²) in [7, 11) is 0. The van der Waals surface area contributed by atoms with Crippen LogP contribution in [0.4, 0.5) is 0 Å². The predicted octanol–water partition coefficient (Wildman–Crippen LogP) is 6.16. The number of phenols is 1. The SMILES string of the molecule is C=CC1(C=CC(=O)O)C=CC(C)=CC1.CC(C)(C)C=Cc1ccc(O)cc1. The second kappa shape index (κ2) is 9.77. The first-order valence-corrected chi connectivity index (χ1v) is 8.95. The molecular formula is C24H30O3. The standard InChI is InChI=1S/C12H14O2.C12H16O/c1-3-12(9-6-11(13)14)7-4-10(2)5-8-12;1-12(2,3)9-8-10-4-6-11(13)7-5-10/h3-7,9H,1,8H2,2H3,(H,13,14);4-9,13H,1-3H3. The van der Waals surface area contributed by atoms with Crippen LogP contribution in [0, 0.1) is 10.8 Å². The third-order valence-corrected chi connectivity index (χ3v) is 4.02. The van der Waals surface area contributed by atoms with Gasteiger partial charge in [0.25, 0.3) is 0 Å². The van der Waals surface area contributed by atoms with Gasteiger partial charge in [0.1, 0.15) is 5.75 Å². The maximum Gasteiger partial charge on any atom is 0.328 e. The zero-order valence-corrected chi connectivity index (χ0v) is 16.6. The van der Waals surface area contributed by atoms with Crippen molar-refractivity contribution in [1.82, 2.24) is 0 Å². The van der Waals surface area contributed by atoms with Gasteiger partial charge in [-0.1, -0.05) is 81.0 Å². The Morgan fingerprint density at radius 2 is 1.85 bits per heavy atom. The van der Waals surface area contributed by atoms with Gasteiger partial charge >= 0.3 is 5.97 Å². The van der Waals surface area contributed by atoms with E-state index >= 15 is 0 Å². The van der Waals surface area contributed by atoms with E-state index in [-0.39, 0.29) is 10.8 Å². The van der Waals surface area contributed by atoms with Gasteiger partial charge in [0.15, 0.2) is 0 Å². The summed E-state index contributed by atoms with van der Waals surface area (Å²) in [5, 5.41) is 17.6. The van der Waals surface area contributed by atoms with Gasteiger partial charge < -0.3 is 10.2 Å². The minimum atomic E-state index is -0.925. The molecule has 1 aromatic rings. The molecule has 0 bridgehead atoms. The first-order valence-electron chi connectivity index (χ1n) is 8.95. The quantitative estimate of drug-likeness (QED) is 0.496. The van der Waals surface area contributed by atoms with Crippen molar-refractivity contribution >= 4 is 12.0 Å². The van der Waals surface area contributed by atoms with E-state index in [1.807, 2.05) is 31.2 Å². The highest BCUT2D eigenvalue weighted by atomic mass is 16.4. The Morgan fingerprint density at radius 3 is 2.30 bits per heavy atom. The second-order valence-electron chi connectivity index (χ2n) is 7.76. The Hall–Kier alpha value is -2.81. The number of rotatable bonds is 4. The lowest BCUT2D eigenvalue weighted by Crippen LogP contribution is -2.13. The lowest BCUT2D eigenvalue weighted by Gasteiger charge is -2.24. The van der Waals surface area contributed by atoms with Crippen molar-refractivity contribution in [3.8, 4) is 5.75 Å². The van der Waals surface area contributed by atoms with Gasteiger partial charge in [0.2, 0.25) is 0 Å². The van der Waals surface area contributed by atoms with Gasteiger partial charge in [-0.05, 0) is 36.5 Å². The van der Waals surface area contributed by atoms with E-state index in [0.29, 0.717) is 5.75 Å². The van der Waals surface area contributed by atoms with Crippen LogP contribution in [0.1, 0.15) is 39.7 Å². The molecule has 1 atom stereocenters. The Bertz CT molecular complexity index is 756. The third-order valence-electron chi connectivity index (χ3n) is 4.02. The van der Waals surface area contributed by atoms with Crippen LogP contribution in [0.5, 0.6) is 5.75 Å². The first kappa shape index (κ1) is 22.2. The fourth-order valence-electron chi connectivity index (χ4n) is 2.26. The molecule has 0 amide bonds. The smallest absolute Gasteiger partial charge is 0.328 e. The summed E-state index contributed by atoms with van der Waals surface area (Å²) < 4.78 is 0. The number of hydrogen-bond acceptors (Lipinski definition) is 2. The monoisotopic (exact) mass is 366 g/mol. The summed E-state index contributed by atoms with van der Waals surface area (Å²) in [6.07, 6.45) is 15.6. The number of phenolic OH excluding ortho intramolecular Hbond substituents is 1. The van der Waals surface area contributed by atoms with Crippen molar-refractivity contribution in [2.75, 3.05) is 0 Å².